The third-order valence-electron chi connectivity index (χ3n) is 7.40. The molecule has 0 bridgehead atoms. The number of imide groups is 1. The molecule has 2 N–H and O–H groups in total. The fourth-order valence-corrected chi connectivity index (χ4v) is 5.62. The van der Waals surface area contributed by atoms with Gasteiger partial charge in [-0.1, -0.05) is 12.1 Å². The van der Waals surface area contributed by atoms with Crippen molar-refractivity contribution in [3.05, 3.63) is 34.9 Å². The second-order valence-corrected chi connectivity index (χ2v) is 9.26. The summed E-state index contributed by atoms with van der Waals surface area (Å²) >= 11 is 0. The van der Waals surface area contributed by atoms with Crippen LogP contribution in [0.2, 0.25) is 0 Å². The van der Waals surface area contributed by atoms with Crippen molar-refractivity contribution in [2.75, 3.05) is 26.2 Å². The Morgan fingerprint density at radius 3 is 2.57 bits per heavy atom. The number of carbonyl (C=O) groups is 3. The van der Waals surface area contributed by atoms with Crippen LogP contribution in [0.1, 0.15) is 53.6 Å². The Morgan fingerprint density at radius 2 is 1.83 bits per heavy atom. The molecule has 30 heavy (non-hydrogen) atoms. The monoisotopic (exact) mass is 410 g/mol. The van der Waals surface area contributed by atoms with E-state index < -0.39 is 6.04 Å². The van der Waals surface area contributed by atoms with Gasteiger partial charge in [-0.05, 0) is 80.9 Å². The number of piperidine rings is 2. The zero-order valence-electron chi connectivity index (χ0n) is 17.4. The molecule has 1 aromatic rings. The zero-order chi connectivity index (χ0) is 20.7. The SMILES string of the molecule is O=C1CCC(N2Cc3ccc(CN4CCC(C5CCNC5)CC4)cc3C2=O)C(=O)N1. The maximum atomic E-state index is 13.0. The van der Waals surface area contributed by atoms with Gasteiger partial charge < -0.3 is 10.2 Å². The topological polar surface area (TPSA) is 81.8 Å². The second-order valence-electron chi connectivity index (χ2n) is 9.26. The summed E-state index contributed by atoms with van der Waals surface area (Å²) in [4.78, 5) is 40.7. The van der Waals surface area contributed by atoms with Crippen molar-refractivity contribution in [1.82, 2.24) is 20.4 Å². The molecule has 4 aliphatic heterocycles. The van der Waals surface area contributed by atoms with Crippen molar-refractivity contribution in [2.45, 2.75) is 51.2 Å². The number of rotatable bonds is 4. The molecule has 3 fully saturated rings. The smallest absolute Gasteiger partial charge is 0.255 e. The van der Waals surface area contributed by atoms with Gasteiger partial charge in [0.05, 0.1) is 0 Å². The molecule has 1 aromatic carbocycles. The summed E-state index contributed by atoms with van der Waals surface area (Å²) in [6.45, 7) is 5.91. The number of nitrogens with zero attached hydrogens (tertiary/aromatic N) is 2. The van der Waals surface area contributed by atoms with E-state index in [4.69, 9.17) is 0 Å². The van der Waals surface area contributed by atoms with Gasteiger partial charge in [-0.2, -0.15) is 0 Å². The van der Waals surface area contributed by atoms with Gasteiger partial charge in [0, 0.05) is 25.1 Å². The number of amides is 3. The third kappa shape index (κ3) is 3.76. The van der Waals surface area contributed by atoms with Crippen LogP contribution < -0.4 is 10.6 Å². The molecule has 4 aliphatic rings. The van der Waals surface area contributed by atoms with Gasteiger partial charge in [0.2, 0.25) is 11.8 Å². The number of hydrogen-bond donors (Lipinski definition) is 2. The third-order valence-corrected chi connectivity index (χ3v) is 7.40. The van der Waals surface area contributed by atoms with E-state index in [1.807, 2.05) is 12.1 Å². The minimum Gasteiger partial charge on any atom is -0.322 e. The average molecular weight is 411 g/mol. The first-order chi connectivity index (χ1) is 14.6. The van der Waals surface area contributed by atoms with Crippen LogP contribution in [0.25, 0.3) is 0 Å². The maximum Gasteiger partial charge on any atom is 0.255 e. The molecule has 7 nitrogen and oxygen atoms in total. The molecule has 3 amide bonds. The van der Waals surface area contributed by atoms with Crippen LogP contribution in [-0.4, -0.2) is 59.7 Å². The van der Waals surface area contributed by atoms with E-state index in [1.165, 1.54) is 32.4 Å². The van der Waals surface area contributed by atoms with Crippen LogP contribution in [0.15, 0.2) is 18.2 Å². The van der Waals surface area contributed by atoms with Crippen LogP contribution in [-0.2, 0) is 22.7 Å². The van der Waals surface area contributed by atoms with E-state index in [0.29, 0.717) is 18.5 Å². The molecular formula is C23H30N4O3. The Hall–Kier alpha value is -2.25. The summed E-state index contributed by atoms with van der Waals surface area (Å²) in [5, 5.41) is 5.85. The predicted octanol–water partition coefficient (Wildman–Crippen LogP) is 1.27. The van der Waals surface area contributed by atoms with Crippen LogP contribution >= 0.6 is 0 Å². The minimum atomic E-state index is -0.546. The molecule has 7 heteroatoms. The van der Waals surface area contributed by atoms with Gasteiger partial charge >= 0.3 is 0 Å². The number of hydrogen-bond acceptors (Lipinski definition) is 5. The highest BCUT2D eigenvalue weighted by molar-refractivity contribution is 6.05. The summed E-state index contributed by atoms with van der Waals surface area (Å²) in [5.41, 5.74) is 2.85. The lowest BCUT2D eigenvalue weighted by atomic mass is 9.83. The summed E-state index contributed by atoms with van der Waals surface area (Å²) in [7, 11) is 0. The highest BCUT2D eigenvalue weighted by Crippen LogP contribution is 2.31. The Bertz CT molecular complexity index is 856. The van der Waals surface area contributed by atoms with Crippen LogP contribution in [0.3, 0.4) is 0 Å². The van der Waals surface area contributed by atoms with Gasteiger partial charge in [-0.25, -0.2) is 0 Å². The molecule has 0 saturated carbocycles. The Balaban J connectivity index is 1.21. The van der Waals surface area contributed by atoms with Gasteiger partial charge in [0.1, 0.15) is 6.04 Å². The van der Waals surface area contributed by atoms with Crippen LogP contribution in [0, 0.1) is 11.8 Å². The van der Waals surface area contributed by atoms with Crippen molar-refractivity contribution in [3.63, 3.8) is 0 Å². The molecule has 0 aliphatic carbocycles. The molecule has 5 rings (SSSR count). The first-order valence-corrected chi connectivity index (χ1v) is 11.3. The molecule has 3 saturated heterocycles. The van der Waals surface area contributed by atoms with E-state index >= 15 is 0 Å². The van der Waals surface area contributed by atoms with Crippen molar-refractivity contribution in [1.29, 1.82) is 0 Å². The van der Waals surface area contributed by atoms with E-state index in [9.17, 15) is 14.4 Å². The highest BCUT2D eigenvalue weighted by atomic mass is 16.2. The van der Waals surface area contributed by atoms with Crippen molar-refractivity contribution in [2.24, 2.45) is 11.8 Å². The number of likely N-dealkylation sites (tertiary alicyclic amines) is 1. The van der Waals surface area contributed by atoms with E-state index in [0.717, 1.165) is 42.6 Å². The second kappa shape index (κ2) is 8.12. The Morgan fingerprint density at radius 1 is 1.00 bits per heavy atom. The summed E-state index contributed by atoms with van der Waals surface area (Å²) in [6.07, 6.45) is 4.54. The van der Waals surface area contributed by atoms with Crippen molar-refractivity contribution in [3.8, 4) is 0 Å². The number of benzene rings is 1. The highest BCUT2D eigenvalue weighted by Gasteiger charge is 2.39. The van der Waals surface area contributed by atoms with Gasteiger partial charge in [-0.3, -0.25) is 24.6 Å². The lowest BCUT2D eigenvalue weighted by Gasteiger charge is -2.34. The summed E-state index contributed by atoms with van der Waals surface area (Å²) in [6, 6.07) is 5.62. The first kappa shape index (κ1) is 19.7. The molecule has 0 radical (unpaired) electrons. The predicted molar refractivity (Wildman–Crippen MR) is 111 cm³/mol. The normalized spacial score (nSPS) is 28.1. The number of fused-ring (bicyclic) bond motifs is 1. The van der Waals surface area contributed by atoms with Crippen LogP contribution in [0.4, 0.5) is 0 Å². The Labute approximate surface area is 177 Å². The quantitative estimate of drug-likeness (QED) is 0.731. The molecule has 160 valence electrons. The fourth-order valence-electron chi connectivity index (χ4n) is 5.62. The van der Waals surface area contributed by atoms with Gasteiger partial charge in [0.25, 0.3) is 5.91 Å². The molecule has 0 spiro atoms. The maximum absolute atomic E-state index is 13.0. The summed E-state index contributed by atoms with van der Waals surface area (Å²) < 4.78 is 0. The summed E-state index contributed by atoms with van der Waals surface area (Å²) in [5.74, 6) is 1.00. The average Bonchev–Trinajstić information content (AvgIpc) is 3.38. The van der Waals surface area contributed by atoms with E-state index in [1.54, 1.807) is 4.90 Å². The van der Waals surface area contributed by atoms with Crippen molar-refractivity contribution >= 4 is 17.7 Å². The van der Waals surface area contributed by atoms with Gasteiger partial charge in [-0.15, -0.1) is 0 Å². The standard InChI is InChI=1S/C23H30N4O3/c28-21-4-3-20(22(29)25-21)27-14-18-2-1-15(11-19(18)23(27)30)13-26-9-6-16(7-10-26)17-5-8-24-12-17/h1-2,11,16-17,20,24H,3-10,12-14H2,(H,25,28,29). The molecular weight excluding hydrogens is 380 g/mol. The largest absolute Gasteiger partial charge is 0.322 e. The number of carbonyl (C=O) groups excluding carboxylic acids is 3. The first-order valence-electron chi connectivity index (χ1n) is 11.3. The molecule has 4 heterocycles. The Kier molecular flexibility index (Phi) is 5.33. The lowest BCUT2D eigenvalue weighted by Crippen LogP contribution is -2.52. The fraction of sp³-hybridized carbons (Fsp3) is 0.609. The van der Waals surface area contributed by atoms with Gasteiger partial charge in [0.15, 0.2) is 0 Å². The zero-order valence-corrected chi connectivity index (χ0v) is 17.4. The van der Waals surface area contributed by atoms with E-state index in [-0.39, 0.29) is 24.1 Å². The van der Waals surface area contributed by atoms with Crippen molar-refractivity contribution < 1.29 is 14.4 Å². The lowest BCUT2D eigenvalue weighted by molar-refractivity contribution is -0.136. The minimum absolute atomic E-state index is 0.0891. The molecule has 2 atom stereocenters. The van der Waals surface area contributed by atoms with E-state index in [2.05, 4.69) is 21.6 Å². The van der Waals surface area contributed by atoms with Crippen LogP contribution in [0.5, 0.6) is 0 Å². The molecule has 0 aromatic heterocycles. The number of nitrogens with one attached hydrogen (secondary N) is 2. The molecule has 2 unspecified atom stereocenters.